The van der Waals surface area contributed by atoms with Gasteiger partial charge in [0, 0.05) is 40.4 Å². The van der Waals surface area contributed by atoms with E-state index in [0.717, 1.165) is 38.5 Å². The molecule has 0 aromatic rings. The second kappa shape index (κ2) is 17.4. The molecule has 6 nitrogen and oxygen atoms in total. The van der Waals surface area contributed by atoms with Crippen LogP contribution in [0, 0.1) is 0 Å². The summed E-state index contributed by atoms with van der Waals surface area (Å²) in [6.07, 6.45) is 4.46. The highest BCUT2D eigenvalue weighted by Gasteiger charge is 2.41. The van der Waals surface area contributed by atoms with Gasteiger partial charge in [-0.15, -0.1) is 0 Å². The standard InChI is InChI=1S/C28H61O6P3/c1-13-22(7)35(29,23(8)14-2)32-20-19-28(34-37(31,26(11)17-5)27(12)18-6)21-33-36(30,24(9)15-3)25(10)16-4/h22-28H,13-21H2,1-12H3. The lowest BCUT2D eigenvalue weighted by Gasteiger charge is -2.35. The van der Waals surface area contributed by atoms with Crippen LogP contribution < -0.4 is 0 Å². The summed E-state index contributed by atoms with van der Waals surface area (Å²) in [5.41, 5.74) is -0.361. The van der Waals surface area contributed by atoms with E-state index in [0.29, 0.717) is 6.42 Å². The Bertz CT molecular complexity index is 731. The van der Waals surface area contributed by atoms with E-state index in [1.54, 1.807) is 0 Å². The SMILES string of the molecule is CCC(C)P(=O)(OCCC(COP(=O)(C(C)CC)C(C)CC)OP(=O)(C(C)CC)C(C)CC)C(C)CC. The van der Waals surface area contributed by atoms with E-state index in [1.807, 2.05) is 83.1 Å². The molecule has 0 aliphatic heterocycles. The third kappa shape index (κ3) is 9.86. The normalized spacial score (nSPS) is 23.0. The molecular formula is C28H61O6P3. The van der Waals surface area contributed by atoms with Crippen molar-refractivity contribution in [2.24, 2.45) is 0 Å². The highest BCUT2D eigenvalue weighted by Crippen LogP contribution is 2.62. The molecule has 0 heterocycles. The predicted octanol–water partition coefficient (Wildman–Crippen LogP) is 10.4. The first-order valence-corrected chi connectivity index (χ1v) is 20.2. The second-order valence-electron chi connectivity index (χ2n) is 11.1. The van der Waals surface area contributed by atoms with Crippen molar-refractivity contribution in [2.45, 2.75) is 168 Å². The minimum Gasteiger partial charge on any atom is -0.328 e. The molecule has 0 N–H and O–H groups in total. The topological polar surface area (TPSA) is 78.9 Å². The molecule has 0 aromatic heterocycles. The lowest BCUT2D eigenvalue weighted by Crippen LogP contribution is -2.28. The van der Waals surface area contributed by atoms with Gasteiger partial charge in [0.1, 0.15) is 0 Å². The zero-order valence-corrected chi connectivity index (χ0v) is 28.9. The van der Waals surface area contributed by atoms with Crippen molar-refractivity contribution in [3.63, 3.8) is 0 Å². The summed E-state index contributed by atoms with van der Waals surface area (Å²) in [5.74, 6) is 0. The van der Waals surface area contributed by atoms with E-state index in [-0.39, 0.29) is 47.2 Å². The molecule has 7 unspecified atom stereocenters. The van der Waals surface area contributed by atoms with Gasteiger partial charge in [0.05, 0.1) is 19.3 Å². The van der Waals surface area contributed by atoms with Gasteiger partial charge in [-0.25, -0.2) is 0 Å². The molecular weight excluding hydrogens is 525 g/mol. The number of hydrogen-bond acceptors (Lipinski definition) is 6. The van der Waals surface area contributed by atoms with Crippen LogP contribution in [0.3, 0.4) is 0 Å². The molecule has 9 heteroatoms. The van der Waals surface area contributed by atoms with Crippen molar-refractivity contribution in [1.29, 1.82) is 0 Å². The quantitative estimate of drug-likeness (QED) is 0.125. The highest BCUT2D eigenvalue weighted by atomic mass is 31.2. The molecule has 37 heavy (non-hydrogen) atoms. The van der Waals surface area contributed by atoms with E-state index < -0.39 is 28.2 Å². The molecule has 0 saturated heterocycles. The third-order valence-electron chi connectivity index (χ3n) is 8.74. The molecule has 0 rings (SSSR count). The third-order valence-corrected chi connectivity index (χ3v) is 20.1. The van der Waals surface area contributed by atoms with E-state index in [2.05, 4.69) is 0 Å². The smallest absolute Gasteiger partial charge is 0.208 e. The van der Waals surface area contributed by atoms with Crippen LogP contribution in [0.4, 0.5) is 0 Å². The Morgan fingerprint density at radius 3 is 1.11 bits per heavy atom. The first-order valence-electron chi connectivity index (χ1n) is 14.9. The average Bonchev–Trinajstić information content (AvgIpc) is 2.91. The fraction of sp³-hybridized carbons (Fsp3) is 1.00. The van der Waals surface area contributed by atoms with Crippen LogP contribution in [-0.2, 0) is 27.3 Å². The molecule has 7 atom stereocenters. The van der Waals surface area contributed by atoms with Crippen molar-refractivity contribution >= 4 is 22.1 Å². The Kier molecular flexibility index (Phi) is 17.7. The van der Waals surface area contributed by atoms with Crippen molar-refractivity contribution in [2.75, 3.05) is 13.2 Å². The summed E-state index contributed by atoms with van der Waals surface area (Å²) in [4.78, 5) is 0. The zero-order chi connectivity index (χ0) is 29.0. The van der Waals surface area contributed by atoms with Crippen molar-refractivity contribution in [3.8, 4) is 0 Å². The summed E-state index contributed by atoms with van der Waals surface area (Å²) in [6, 6.07) is 0. The van der Waals surface area contributed by atoms with Crippen LogP contribution in [0.15, 0.2) is 0 Å². The number of rotatable bonds is 21. The van der Waals surface area contributed by atoms with Gasteiger partial charge in [-0.2, -0.15) is 0 Å². The largest absolute Gasteiger partial charge is 0.328 e. The zero-order valence-electron chi connectivity index (χ0n) is 26.2. The molecule has 0 spiro atoms. The van der Waals surface area contributed by atoms with E-state index >= 15 is 0 Å². The van der Waals surface area contributed by atoms with Crippen LogP contribution in [0.1, 0.15) is 128 Å². The minimum absolute atomic E-state index is 0.0274. The predicted molar refractivity (Wildman–Crippen MR) is 163 cm³/mol. The monoisotopic (exact) mass is 586 g/mol. The van der Waals surface area contributed by atoms with Crippen molar-refractivity contribution in [3.05, 3.63) is 0 Å². The molecule has 0 aliphatic carbocycles. The Morgan fingerprint density at radius 1 is 0.486 bits per heavy atom. The van der Waals surface area contributed by atoms with Gasteiger partial charge in [-0.3, -0.25) is 13.7 Å². The molecule has 0 bridgehead atoms. The maximum absolute atomic E-state index is 14.2. The summed E-state index contributed by atoms with van der Waals surface area (Å²) in [7, 11) is -8.85. The summed E-state index contributed by atoms with van der Waals surface area (Å²) >= 11 is 0. The van der Waals surface area contributed by atoms with Gasteiger partial charge >= 0.3 is 0 Å². The molecule has 0 fully saturated rings. The summed E-state index contributed by atoms with van der Waals surface area (Å²) < 4.78 is 61.0. The van der Waals surface area contributed by atoms with Crippen LogP contribution in [-0.4, -0.2) is 53.3 Å². The maximum Gasteiger partial charge on any atom is 0.208 e. The second-order valence-corrected chi connectivity index (χ2v) is 21.0. The Hall–Kier alpha value is 0.570. The first kappa shape index (κ1) is 37.6. The van der Waals surface area contributed by atoms with Gasteiger partial charge in [-0.1, -0.05) is 83.1 Å². The summed E-state index contributed by atoms with van der Waals surface area (Å²) in [5, 5.41) is 0. The van der Waals surface area contributed by atoms with Gasteiger partial charge < -0.3 is 13.6 Å². The highest BCUT2D eigenvalue weighted by molar-refractivity contribution is 7.61. The molecule has 224 valence electrons. The van der Waals surface area contributed by atoms with Gasteiger partial charge in [0.25, 0.3) is 0 Å². The molecule has 0 radical (unpaired) electrons. The van der Waals surface area contributed by atoms with E-state index in [1.165, 1.54) is 0 Å². The Morgan fingerprint density at radius 2 is 0.784 bits per heavy atom. The maximum atomic E-state index is 14.2. The number of hydrogen-bond donors (Lipinski definition) is 0. The minimum atomic E-state index is -3.03. The lowest BCUT2D eigenvalue weighted by atomic mass is 10.3. The van der Waals surface area contributed by atoms with Crippen LogP contribution in [0.25, 0.3) is 0 Å². The molecule has 0 amide bonds. The Labute approximate surface area is 230 Å². The van der Waals surface area contributed by atoms with Crippen molar-refractivity contribution < 1.29 is 27.3 Å². The van der Waals surface area contributed by atoms with Crippen LogP contribution in [0.5, 0.6) is 0 Å². The van der Waals surface area contributed by atoms with E-state index in [4.69, 9.17) is 13.6 Å². The first-order chi connectivity index (χ1) is 17.2. The van der Waals surface area contributed by atoms with Crippen LogP contribution >= 0.6 is 22.1 Å². The van der Waals surface area contributed by atoms with Gasteiger partial charge in [0.2, 0.25) is 22.1 Å². The van der Waals surface area contributed by atoms with Crippen molar-refractivity contribution in [1.82, 2.24) is 0 Å². The van der Waals surface area contributed by atoms with E-state index in [9.17, 15) is 13.7 Å². The average molecular weight is 587 g/mol. The van der Waals surface area contributed by atoms with Gasteiger partial charge in [-0.05, 0) is 38.5 Å². The van der Waals surface area contributed by atoms with Gasteiger partial charge in [0.15, 0.2) is 0 Å². The lowest BCUT2D eigenvalue weighted by molar-refractivity contribution is 0.103. The molecule has 0 aliphatic rings. The van der Waals surface area contributed by atoms with Crippen LogP contribution in [0.2, 0.25) is 0 Å². The Balaban J connectivity index is 6.08. The fourth-order valence-corrected chi connectivity index (χ4v) is 13.0. The molecule has 0 saturated carbocycles. The summed E-state index contributed by atoms with van der Waals surface area (Å²) in [6.45, 7) is 24.5. The molecule has 0 aromatic carbocycles. The fourth-order valence-electron chi connectivity index (χ4n) is 4.47.